The number of carbonyl (C=O) groups excluding carboxylic acids is 1. The minimum atomic E-state index is -0.118. The number of hydrogen-bond donors (Lipinski definition) is 3. The number of nitrogens with two attached hydrogens (primary N) is 1. The lowest BCUT2D eigenvalue weighted by molar-refractivity contribution is -0.119. The second-order valence-electron chi connectivity index (χ2n) is 4.55. The summed E-state index contributed by atoms with van der Waals surface area (Å²) >= 11 is 0. The summed E-state index contributed by atoms with van der Waals surface area (Å²) in [6, 6.07) is 6.04. The molecule has 20 heavy (non-hydrogen) atoms. The molecule has 1 rings (SSSR count). The number of halogens is 1. The first kappa shape index (κ1) is 18.7. The summed E-state index contributed by atoms with van der Waals surface area (Å²) in [4.78, 5) is 15.4. The molecule has 0 unspecified atom stereocenters. The molecule has 1 aromatic carbocycles. The van der Waals surface area contributed by atoms with Crippen LogP contribution >= 0.6 is 24.0 Å². The highest BCUT2D eigenvalue weighted by molar-refractivity contribution is 14.0. The number of carbonyl (C=O) groups is 1. The van der Waals surface area contributed by atoms with Crippen molar-refractivity contribution in [1.29, 1.82) is 0 Å². The van der Waals surface area contributed by atoms with Gasteiger partial charge in [0.25, 0.3) is 0 Å². The fourth-order valence-corrected chi connectivity index (χ4v) is 1.71. The van der Waals surface area contributed by atoms with Crippen molar-refractivity contribution in [2.24, 2.45) is 10.7 Å². The Morgan fingerprint density at radius 2 is 1.85 bits per heavy atom. The van der Waals surface area contributed by atoms with Crippen LogP contribution in [-0.4, -0.2) is 25.0 Å². The first-order valence-corrected chi connectivity index (χ1v) is 6.43. The number of benzene rings is 1. The molecule has 0 heterocycles. The molecule has 0 spiro atoms. The first-order valence-electron chi connectivity index (χ1n) is 6.43. The van der Waals surface area contributed by atoms with Crippen LogP contribution in [-0.2, 0) is 4.79 Å². The Labute approximate surface area is 137 Å². The maximum Gasteiger partial charge on any atom is 0.241 e. The van der Waals surface area contributed by atoms with Crippen molar-refractivity contribution < 1.29 is 4.79 Å². The van der Waals surface area contributed by atoms with E-state index < -0.39 is 0 Å². The van der Waals surface area contributed by atoms with Crippen LogP contribution in [0.1, 0.15) is 24.5 Å². The zero-order valence-electron chi connectivity index (χ0n) is 12.2. The lowest BCUT2D eigenvalue weighted by Gasteiger charge is -2.08. The Hall–Kier alpha value is -1.31. The molecule has 0 radical (unpaired) electrons. The molecule has 0 fully saturated rings. The third kappa shape index (κ3) is 7.32. The molecular formula is C14H23IN4O. The lowest BCUT2D eigenvalue weighted by Crippen LogP contribution is -2.29. The van der Waals surface area contributed by atoms with Crippen LogP contribution in [0.2, 0.25) is 0 Å². The standard InChI is InChI=1S/C14H22N4O.HI/c1-4-5-16-13(19)9-17-14(15)18-12-7-10(2)6-11(3)8-12;/h6-8H,4-5,9H2,1-3H3,(H,16,19)(H3,15,17,18);1H. The van der Waals surface area contributed by atoms with E-state index in [0.29, 0.717) is 6.54 Å². The number of nitrogens with zero attached hydrogens (tertiary/aromatic N) is 1. The van der Waals surface area contributed by atoms with Crippen molar-refractivity contribution in [1.82, 2.24) is 5.32 Å². The van der Waals surface area contributed by atoms with Gasteiger partial charge < -0.3 is 16.4 Å². The summed E-state index contributed by atoms with van der Waals surface area (Å²) < 4.78 is 0. The van der Waals surface area contributed by atoms with Crippen LogP contribution in [0.15, 0.2) is 23.2 Å². The molecule has 0 aliphatic rings. The van der Waals surface area contributed by atoms with Gasteiger partial charge in [-0.2, -0.15) is 0 Å². The highest BCUT2D eigenvalue weighted by atomic mass is 127. The van der Waals surface area contributed by atoms with E-state index in [4.69, 9.17) is 5.73 Å². The number of anilines is 1. The molecule has 0 bridgehead atoms. The third-order valence-corrected chi connectivity index (χ3v) is 2.46. The summed E-state index contributed by atoms with van der Waals surface area (Å²) in [6.45, 7) is 6.75. The second-order valence-corrected chi connectivity index (χ2v) is 4.55. The molecule has 0 aromatic heterocycles. The normalized spacial score (nSPS) is 10.7. The van der Waals surface area contributed by atoms with Crippen LogP contribution in [0.5, 0.6) is 0 Å². The van der Waals surface area contributed by atoms with Gasteiger partial charge in [-0.05, 0) is 43.5 Å². The van der Waals surface area contributed by atoms with Crippen LogP contribution < -0.4 is 16.4 Å². The van der Waals surface area contributed by atoms with Gasteiger partial charge in [-0.25, -0.2) is 4.99 Å². The van der Waals surface area contributed by atoms with E-state index in [-0.39, 0.29) is 42.4 Å². The van der Waals surface area contributed by atoms with E-state index in [0.717, 1.165) is 23.2 Å². The van der Waals surface area contributed by atoms with Gasteiger partial charge in [-0.15, -0.1) is 24.0 Å². The maximum absolute atomic E-state index is 11.4. The molecule has 4 N–H and O–H groups in total. The Balaban J connectivity index is 0.00000361. The van der Waals surface area contributed by atoms with Crippen LogP contribution in [0, 0.1) is 13.8 Å². The Morgan fingerprint density at radius 3 is 2.40 bits per heavy atom. The topological polar surface area (TPSA) is 79.5 Å². The first-order chi connectivity index (χ1) is 9.01. The monoisotopic (exact) mass is 390 g/mol. The van der Waals surface area contributed by atoms with Gasteiger partial charge in [0.15, 0.2) is 5.96 Å². The fourth-order valence-electron chi connectivity index (χ4n) is 1.71. The highest BCUT2D eigenvalue weighted by Gasteiger charge is 2.00. The largest absolute Gasteiger partial charge is 0.370 e. The lowest BCUT2D eigenvalue weighted by atomic mass is 10.1. The van der Waals surface area contributed by atoms with Crippen LogP contribution in [0.3, 0.4) is 0 Å². The van der Waals surface area contributed by atoms with Gasteiger partial charge in [0.2, 0.25) is 5.91 Å². The summed E-state index contributed by atoms with van der Waals surface area (Å²) in [7, 11) is 0. The molecule has 1 aromatic rings. The number of aryl methyl sites for hydroxylation is 2. The van der Waals surface area contributed by atoms with Crippen LogP contribution in [0.4, 0.5) is 5.69 Å². The van der Waals surface area contributed by atoms with Gasteiger partial charge >= 0.3 is 0 Å². The molecule has 0 aliphatic carbocycles. The fraction of sp³-hybridized carbons (Fsp3) is 0.429. The number of rotatable bonds is 5. The molecule has 0 aliphatic heterocycles. The quantitative estimate of drug-likeness (QED) is 0.410. The van der Waals surface area contributed by atoms with Crippen LogP contribution in [0.25, 0.3) is 0 Å². The second kappa shape index (κ2) is 9.57. The van der Waals surface area contributed by atoms with Gasteiger partial charge in [0.05, 0.1) is 0 Å². The van der Waals surface area contributed by atoms with Gasteiger partial charge in [0.1, 0.15) is 6.54 Å². The van der Waals surface area contributed by atoms with Crippen molar-refractivity contribution in [3.63, 3.8) is 0 Å². The van der Waals surface area contributed by atoms with E-state index in [2.05, 4.69) is 21.7 Å². The van der Waals surface area contributed by atoms with Crippen molar-refractivity contribution in [2.75, 3.05) is 18.4 Å². The minimum Gasteiger partial charge on any atom is -0.370 e. The van der Waals surface area contributed by atoms with E-state index in [1.54, 1.807) is 0 Å². The molecule has 112 valence electrons. The average Bonchev–Trinajstić information content (AvgIpc) is 2.32. The molecule has 1 amide bonds. The van der Waals surface area contributed by atoms with Crippen molar-refractivity contribution >= 4 is 41.5 Å². The minimum absolute atomic E-state index is 0. The zero-order chi connectivity index (χ0) is 14.3. The Morgan fingerprint density at radius 1 is 1.25 bits per heavy atom. The number of aliphatic imine (C=N–C) groups is 1. The Kier molecular flexibility index (Phi) is 8.94. The number of hydrogen-bond acceptors (Lipinski definition) is 2. The SMILES string of the molecule is CCCNC(=O)CN=C(N)Nc1cc(C)cc(C)c1.I. The maximum atomic E-state index is 11.4. The van der Waals surface area contributed by atoms with Gasteiger partial charge in [-0.1, -0.05) is 13.0 Å². The predicted octanol–water partition coefficient (Wildman–Crippen LogP) is 2.17. The van der Waals surface area contributed by atoms with Crippen molar-refractivity contribution in [2.45, 2.75) is 27.2 Å². The smallest absolute Gasteiger partial charge is 0.241 e. The van der Waals surface area contributed by atoms with E-state index in [9.17, 15) is 4.79 Å². The molecule has 6 heteroatoms. The third-order valence-electron chi connectivity index (χ3n) is 2.46. The molecule has 0 saturated heterocycles. The molecule has 0 saturated carbocycles. The molecular weight excluding hydrogens is 367 g/mol. The Bertz CT molecular complexity index is 454. The predicted molar refractivity (Wildman–Crippen MR) is 94.7 cm³/mol. The van der Waals surface area contributed by atoms with Gasteiger partial charge in [-0.3, -0.25) is 4.79 Å². The van der Waals surface area contributed by atoms with Crippen molar-refractivity contribution in [3.05, 3.63) is 29.3 Å². The highest BCUT2D eigenvalue weighted by Crippen LogP contribution is 2.13. The van der Waals surface area contributed by atoms with Gasteiger partial charge in [0, 0.05) is 12.2 Å². The van der Waals surface area contributed by atoms with E-state index in [1.165, 1.54) is 0 Å². The summed E-state index contributed by atoms with van der Waals surface area (Å²) in [5, 5.41) is 5.72. The average molecular weight is 390 g/mol. The summed E-state index contributed by atoms with van der Waals surface area (Å²) in [5.41, 5.74) is 8.92. The van der Waals surface area contributed by atoms with E-state index in [1.807, 2.05) is 32.9 Å². The molecule has 5 nitrogen and oxygen atoms in total. The summed E-state index contributed by atoms with van der Waals surface area (Å²) in [6.07, 6.45) is 0.908. The van der Waals surface area contributed by atoms with Crippen molar-refractivity contribution in [3.8, 4) is 0 Å². The summed E-state index contributed by atoms with van der Waals surface area (Å²) in [5.74, 6) is 0.128. The molecule has 0 atom stereocenters. The zero-order valence-corrected chi connectivity index (χ0v) is 14.5. The number of guanidine groups is 1. The number of nitrogens with one attached hydrogen (secondary N) is 2. The number of amides is 1. The van der Waals surface area contributed by atoms with E-state index >= 15 is 0 Å².